The lowest BCUT2D eigenvalue weighted by Crippen LogP contribution is -2.34. The Hall–Kier alpha value is -1.55. The number of hydrogen-bond acceptors (Lipinski definition) is 3. The van der Waals surface area contributed by atoms with E-state index in [1.807, 2.05) is 36.4 Å². The summed E-state index contributed by atoms with van der Waals surface area (Å²) < 4.78 is 4.90. The van der Waals surface area contributed by atoms with E-state index in [0.717, 1.165) is 16.7 Å². The topological polar surface area (TPSA) is 52.3 Å². The summed E-state index contributed by atoms with van der Waals surface area (Å²) in [6, 6.07) is 12.5. The van der Waals surface area contributed by atoms with E-state index >= 15 is 0 Å². The van der Waals surface area contributed by atoms with Crippen LogP contribution in [-0.4, -0.2) is 18.6 Å². The number of carbonyl (C=O) groups is 1. The molecule has 3 nitrogen and oxygen atoms in total. The highest BCUT2D eigenvalue weighted by Crippen LogP contribution is 2.27. The zero-order valence-electron chi connectivity index (χ0n) is 12.2. The van der Waals surface area contributed by atoms with E-state index in [4.69, 9.17) is 33.7 Å². The first-order chi connectivity index (χ1) is 10.5. The molecule has 22 heavy (non-hydrogen) atoms. The van der Waals surface area contributed by atoms with E-state index in [1.54, 1.807) is 13.0 Å². The highest BCUT2D eigenvalue weighted by atomic mass is 35.5. The Bertz CT molecular complexity index is 636. The van der Waals surface area contributed by atoms with E-state index in [9.17, 15) is 4.79 Å². The first-order valence-electron chi connectivity index (χ1n) is 6.97. The van der Waals surface area contributed by atoms with Gasteiger partial charge in [0.15, 0.2) is 0 Å². The van der Waals surface area contributed by atoms with Gasteiger partial charge < -0.3 is 10.5 Å². The van der Waals surface area contributed by atoms with Crippen molar-refractivity contribution in [2.24, 2.45) is 5.73 Å². The second-order valence-corrected chi connectivity index (χ2v) is 5.79. The second kappa shape index (κ2) is 7.63. The Morgan fingerprint density at radius 1 is 1.09 bits per heavy atom. The quantitative estimate of drug-likeness (QED) is 0.836. The number of rotatable bonds is 5. The average Bonchev–Trinajstić information content (AvgIpc) is 2.47. The molecule has 0 saturated heterocycles. The molecule has 2 aromatic carbocycles. The maximum absolute atomic E-state index is 11.5. The van der Waals surface area contributed by atoms with Gasteiger partial charge in [-0.25, -0.2) is 0 Å². The summed E-state index contributed by atoms with van der Waals surface area (Å²) in [5, 5.41) is 1.19. The lowest BCUT2D eigenvalue weighted by molar-refractivity contribution is -0.144. The molecule has 0 radical (unpaired) electrons. The summed E-state index contributed by atoms with van der Waals surface area (Å²) in [5.41, 5.74) is 8.73. The van der Waals surface area contributed by atoms with Crippen LogP contribution >= 0.6 is 23.2 Å². The summed E-state index contributed by atoms with van der Waals surface area (Å²) in [5.74, 6) is -0.381. The minimum atomic E-state index is -0.647. The van der Waals surface area contributed by atoms with Crippen LogP contribution in [-0.2, 0) is 16.0 Å². The molecule has 1 atom stereocenters. The van der Waals surface area contributed by atoms with Gasteiger partial charge in [-0.3, -0.25) is 4.79 Å². The predicted molar refractivity (Wildman–Crippen MR) is 90.2 cm³/mol. The smallest absolute Gasteiger partial charge is 0.323 e. The summed E-state index contributed by atoms with van der Waals surface area (Å²) in [4.78, 5) is 11.5. The minimum absolute atomic E-state index is 0.334. The van der Waals surface area contributed by atoms with Crippen molar-refractivity contribution >= 4 is 29.2 Å². The van der Waals surface area contributed by atoms with Gasteiger partial charge in [0.05, 0.1) is 6.61 Å². The van der Waals surface area contributed by atoms with Crippen molar-refractivity contribution in [3.8, 4) is 11.1 Å². The Balaban J connectivity index is 2.11. The van der Waals surface area contributed by atoms with Gasteiger partial charge in [-0.1, -0.05) is 47.5 Å². The molecular weight excluding hydrogens is 321 g/mol. The van der Waals surface area contributed by atoms with Crippen LogP contribution in [0.3, 0.4) is 0 Å². The zero-order valence-corrected chi connectivity index (χ0v) is 13.7. The molecule has 2 rings (SSSR count). The molecule has 0 saturated carbocycles. The monoisotopic (exact) mass is 337 g/mol. The van der Waals surface area contributed by atoms with Gasteiger partial charge >= 0.3 is 5.97 Å². The van der Waals surface area contributed by atoms with Crippen molar-refractivity contribution in [2.45, 2.75) is 19.4 Å². The van der Waals surface area contributed by atoms with Crippen LogP contribution in [0.2, 0.25) is 10.0 Å². The number of nitrogens with two attached hydrogens (primary N) is 1. The first-order valence-corrected chi connectivity index (χ1v) is 7.73. The molecule has 0 bridgehead atoms. The van der Waals surface area contributed by atoms with Crippen molar-refractivity contribution in [2.75, 3.05) is 6.61 Å². The van der Waals surface area contributed by atoms with Crippen LogP contribution in [0.15, 0.2) is 42.5 Å². The summed E-state index contributed by atoms with van der Waals surface area (Å²) in [6.07, 6.45) is 0.440. The zero-order chi connectivity index (χ0) is 16.1. The second-order valence-electron chi connectivity index (χ2n) is 4.92. The molecular formula is C17H17Cl2NO2. The van der Waals surface area contributed by atoms with Crippen LogP contribution < -0.4 is 5.73 Å². The fraction of sp³-hybridized carbons (Fsp3) is 0.235. The Morgan fingerprint density at radius 2 is 1.68 bits per heavy atom. The maximum Gasteiger partial charge on any atom is 0.323 e. The van der Waals surface area contributed by atoms with Gasteiger partial charge in [-0.15, -0.1) is 0 Å². The third-order valence-electron chi connectivity index (χ3n) is 3.19. The van der Waals surface area contributed by atoms with Gasteiger partial charge in [0.25, 0.3) is 0 Å². The van der Waals surface area contributed by atoms with E-state index in [-0.39, 0.29) is 5.97 Å². The number of carbonyl (C=O) groups excluding carboxylic acids is 1. The van der Waals surface area contributed by atoms with Crippen LogP contribution in [0, 0.1) is 0 Å². The molecule has 0 heterocycles. The highest BCUT2D eigenvalue weighted by molar-refractivity contribution is 6.35. The lowest BCUT2D eigenvalue weighted by atomic mass is 10.0. The summed E-state index contributed by atoms with van der Waals surface area (Å²) in [6.45, 7) is 2.09. The third kappa shape index (κ3) is 4.47. The highest BCUT2D eigenvalue weighted by Gasteiger charge is 2.15. The van der Waals surface area contributed by atoms with Crippen LogP contribution in [0.1, 0.15) is 12.5 Å². The van der Waals surface area contributed by atoms with Crippen molar-refractivity contribution in [3.63, 3.8) is 0 Å². The SMILES string of the molecule is CCOC(=O)C(N)Cc1ccc(-c2cc(Cl)cc(Cl)c2)cc1. The van der Waals surface area contributed by atoms with Gasteiger partial charge in [-0.05, 0) is 48.2 Å². The third-order valence-corrected chi connectivity index (χ3v) is 3.63. The lowest BCUT2D eigenvalue weighted by Gasteiger charge is -2.11. The number of esters is 1. The largest absolute Gasteiger partial charge is 0.465 e. The van der Waals surface area contributed by atoms with Crippen molar-refractivity contribution < 1.29 is 9.53 Å². The maximum atomic E-state index is 11.5. The van der Waals surface area contributed by atoms with Gasteiger partial charge in [0.2, 0.25) is 0 Å². The Labute approximate surface area is 140 Å². The van der Waals surface area contributed by atoms with E-state index in [2.05, 4.69) is 0 Å². The van der Waals surface area contributed by atoms with Crippen molar-refractivity contribution in [1.82, 2.24) is 0 Å². The molecule has 2 aromatic rings. The van der Waals surface area contributed by atoms with Gasteiger partial charge in [-0.2, -0.15) is 0 Å². The fourth-order valence-electron chi connectivity index (χ4n) is 2.14. The summed E-state index contributed by atoms with van der Waals surface area (Å²) in [7, 11) is 0. The van der Waals surface area contributed by atoms with Gasteiger partial charge in [0, 0.05) is 10.0 Å². The number of ether oxygens (including phenoxy) is 1. The molecule has 1 unspecified atom stereocenters. The standard InChI is InChI=1S/C17H17Cl2NO2/c1-2-22-17(21)16(20)7-11-3-5-12(6-4-11)13-8-14(18)10-15(19)9-13/h3-6,8-10,16H,2,7,20H2,1H3. The van der Waals surface area contributed by atoms with Crippen molar-refractivity contribution in [3.05, 3.63) is 58.1 Å². The molecule has 0 spiro atoms. The summed E-state index contributed by atoms with van der Waals surface area (Å²) >= 11 is 12.0. The molecule has 2 N–H and O–H groups in total. The van der Waals surface area contributed by atoms with E-state index < -0.39 is 6.04 Å². The minimum Gasteiger partial charge on any atom is -0.465 e. The van der Waals surface area contributed by atoms with Gasteiger partial charge in [0.1, 0.15) is 6.04 Å². The van der Waals surface area contributed by atoms with Crippen LogP contribution in [0.25, 0.3) is 11.1 Å². The number of benzene rings is 2. The average molecular weight is 338 g/mol. The van der Waals surface area contributed by atoms with E-state index in [1.165, 1.54) is 0 Å². The predicted octanol–water partition coefficient (Wildman–Crippen LogP) is 4.09. The molecule has 0 fully saturated rings. The van der Waals surface area contributed by atoms with Crippen LogP contribution in [0.5, 0.6) is 0 Å². The molecule has 0 amide bonds. The molecule has 116 valence electrons. The first kappa shape index (κ1) is 16.8. The molecule has 5 heteroatoms. The molecule has 0 aliphatic rings. The van der Waals surface area contributed by atoms with Crippen molar-refractivity contribution in [1.29, 1.82) is 0 Å². The fourth-order valence-corrected chi connectivity index (χ4v) is 2.67. The molecule has 0 aliphatic carbocycles. The number of halogens is 2. The molecule has 0 aromatic heterocycles. The van der Waals surface area contributed by atoms with Crippen LogP contribution in [0.4, 0.5) is 0 Å². The Kier molecular flexibility index (Phi) is 5.83. The van der Waals surface area contributed by atoms with E-state index in [0.29, 0.717) is 23.1 Å². The normalized spacial score (nSPS) is 12.0. The number of hydrogen-bond donors (Lipinski definition) is 1. The molecule has 0 aliphatic heterocycles. The Morgan fingerprint density at radius 3 is 2.23 bits per heavy atom.